The van der Waals surface area contributed by atoms with E-state index in [0.717, 1.165) is 52.1 Å². The van der Waals surface area contributed by atoms with Crippen LogP contribution in [0.25, 0.3) is 0 Å². The van der Waals surface area contributed by atoms with Crippen LogP contribution in [0.4, 0.5) is 9.59 Å². The van der Waals surface area contributed by atoms with Crippen molar-refractivity contribution in [2.45, 2.75) is 77.7 Å². The number of hydrogen-bond acceptors (Lipinski definition) is 6. The summed E-state index contributed by atoms with van der Waals surface area (Å²) in [5.74, 6) is 0. The Morgan fingerprint density at radius 1 is 0.650 bits per heavy atom. The topological polar surface area (TPSA) is 83.1 Å². The van der Waals surface area contributed by atoms with E-state index in [1.54, 1.807) is 0 Å². The third kappa shape index (κ3) is 12.4. The quantitative estimate of drug-likeness (QED) is 0.437. The highest BCUT2D eigenvalue weighted by atomic mass is 16.6. The van der Waals surface area contributed by atoms with Gasteiger partial charge < -0.3 is 20.1 Å². The molecular formula is C32H48N4O4. The van der Waals surface area contributed by atoms with E-state index in [0.29, 0.717) is 0 Å². The molecule has 1 fully saturated rings. The van der Waals surface area contributed by atoms with Crippen LogP contribution in [-0.4, -0.2) is 84.5 Å². The number of piperazine rings is 1. The van der Waals surface area contributed by atoms with Crippen molar-refractivity contribution < 1.29 is 19.1 Å². The van der Waals surface area contributed by atoms with Gasteiger partial charge in [-0.3, -0.25) is 9.80 Å². The van der Waals surface area contributed by atoms with Gasteiger partial charge in [0.2, 0.25) is 0 Å². The van der Waals surface area contributed by atoms with Crippen LogP contribution in [0.3, 0.4) is 0 Å². The summed E-state index contributed by atoms with van der Waals surface area (Å²) in [5, 5.41) is 6.20. The Bertz CT molecular complexity index is 957. The monoisotopic (exact) mass is 552 g/mol. The van der Waals surface area contributed by atoms with Crippen LogP contribution in [0.1, 0.15) is 52.7 Å². The lowest BCUT2D eigenvalue weighted by Gasteiger charge is -2.38. The van der Waals surface area contributed by atoms with Crippen LogP contribution < -0.4 is 10.6 Å². The standard InChI is InChI=1S/C32H48N4O4/c1-31(2,3)39-29(37)33-27(21-25-13-9-7-10-14-25)23-35-17-19-36(20-18-35)24-28(22-26-15-11-8-12-16-26)34-30(38)40-32(4,5)6/h7-16,27-28H,17-24H2,1-6H3,(H,33,37)(H,34,38). The van der Waals surface area contributed by atoms with Gasteiger partial charge in [0.25, 0.3) is 0 Å². The first-order valence-corrected chi connectivity index (χ1v) is 14.4. The molecule has 1 aliphatic heterocycles. The normalized spacial score (nSPS) is 16.6. The third-order valence-electron chi connectivity index (χ3n) is 6.51. The summed E-state index contributed by atoms with van der Waals surface area (Å²) in [6, 6.07) is 20.3. The van der Waals surface area contributed by atoms with Crippen LogP contribution in [0.5, 0.6) is 0 Å². The summed E-state index contributed by atoms with van der Waals surface area (Å²) in [6.07, 6.45) is 0.700. The van der Waals surface area contributed by atoms with Crippen molar-refractivity contribution in [3.8, 4) is 0 Å². The molecule has 2 aromatic rings. The molecule has 40 heavy (non-hydrogen) atoms. The predicted octanol–water partition coefficient (Wildman–Crippen LogP) is 4.88. The van der Waals surface area contributed by atoms with E-state index < -0.39 is 11.2 Å². The molecule has 220 valence electrons. The fourth-order valence-electron chi connectivity index (χ4n) is 4.85. The van der Waals surface area contributed by atoms with Gasteiger partial charge in [-0.1, -0.05) is 60.7 Å². The molecule has 1 saturated heterocycles. The van der Waals surface area contributed by atoms with Gasteiger partial charge >= 0.3 is 12.2 Å². The minimum absolute atomic E-state index is 0.0662. The van der Waals surface area contributed by atoms with Crippen molar-refractivity contribution in [1.29, 1.82) is 0 Å². The van der Waals surface area contributed by atoms with Gasteiger partial charge in [-0.15, -0.1) is 0 Å². The minimum atomic E-state index is -0.545. The maximum atomic E-state index is 12.6. The number of benzene rings is 2. The average molecular weight is 553 g/mol. The second-order valence-corrected chi connectivity index (χ2v) is 12.7. The van der Waals surface area contributed by atoms with Gasteiger partial charge in [0.1, 0.15) is 11.2 Å². The molecule has 2 N–H and O–H groups in total. The summed E-state index contributed by atoms with van der Waals surface area (Å²) in [5.41, 5.74) is 1.27. The van der Waals surface area contributed by atoms with Crippen LogP contribution in [0.15, 0.2) is 60.7 Å². The lowest BCUT2D eigenvalue weighted by atomic mass is 10.0. The van der Waals surface area contributed by atoms with Crippen LogP contribution in [0, 0.1) is 0 Å². The zero-order valence-electron chi connectivity index (χ0n) is 25.1. The molecule has 1 heterocycles. The first-order chi connectivity index (χ1) is 18.8. The van der Waals surface area contributed by atoms with Gasteiger partial charge in [-0.2, -0.15) is 0 Å². The van der Waals surface area contributed by atoms with E-state index >= 15 is 0 Å². The van der Waals surface area contributed by atoms with E-state index in [1.807, 2.05) is 77.9 Å². The van der Waals surface area contributed by atoms with E-state index in [9.17, 15) is 9.59 Å². The Kier molecular flexibility index (Phi) is 11.4. The number of carbonyl (C=O) groups is 2. The molecule has 8 nitrogen and oxygen atoms in total. The van der Waals surface area contributed by atoms with Crippen LogP contribution >= 0.6 is 0 Å². The number of nitrogens with one attached hydrogen (secondary N) is 2. The fraction of sp³-hybridized carbons (Fsp3) is 0.562. The van der Waals surface area contributed by atoms with E-state index in [2.05, 4.69) is 44.7 Å². The Morgan fingerprint density at radius 2 is 0.975 bits per heavy atom. The molecule has 0 spiro atoms. The summed E-state index contributed by atoms with van der Waals surface area (Å²) < 4.78 is 11.1. The second-order valence-electron chi connectivity index (χ2n) is 12.7. The number of ether oxygens (including phenoxy) is 2. The van der Waals surface area contributed by atoms with Crippen LogP contribution in [0.2, 0.25) is 0 Å². The molecule has 0 aliphatic carbocycles. The van der Waals surface area contributed by atoms with Crippen molar-refractivity contribution in [1.82, 2.24) is 20.4 Å². The Hall–Kier alpha value is -3.10. The van der Waals surface area contributed by atoms with Gasteiger partial charge in [0.15, 0.2) is 0 Å². The lowest BCUT2D eigenvalue weighted by molar-refractivity contribution is 0.0447. The maximum absolute atomic E-state index is 12.6. The van der Waals surface area contributed by atoms with Gasteiger partial charge in [-0.25, -0.2) is 9.59 Å². The summed E-state index contributed by atoms with van der Waals surface area (Å²) in [4.78, 5) is 30.0. The summed E-state index contributed by atoms with van der Waals surface area (Å²) in [6.45, 7) is 16.3. The van der Waals surface area contributed by atoms with Gasteiger partial charge in [0, 0.05) is 51.4 Å². The largest absolute Gasteiger partial charge is 0.444 e. The SMILES string of the molecule is CC(C)(C)OC(=O)NC(Cc1ccccc1)CN1CCN(CC(Cc2ccccc2)NC(=O)OC(C)(C)C)CC1. The van der Waals surface area contributed by atoms with Gasteiger partial charge in [-0.05, 0) is 65.5 Å². The average Bonchev–Trinajstić information content (AvgIpc) is 2.84. The number of rotatable bonds is 10. The van der Waals surface area contributed by atoms with E-state index in [-0.39, 0.29) is 24.3 Å². The van der Waals surface area contributed by atoms with Crippen LogP contribution in [-0.2, 0) is 22.3 Å². The van der Waals surface area contributed by atoms with Crippen molar-refractivity contribution in [3.05, 3.63) is 71.8 Å². The number of amides is 2. The molecule has 0 bridgehead atoms. The molecule has 0 saturated carbocycles. The first kappa shape index (κ1) is 31.4. The molecule has 3 rings (SSSR count). The predicted molar refractivity (Wildman–Crippen MR) is 159 cm³/mol. The second kappa shape index (κ2) is 14.5. The lowest BCUT2D eigenvalue weighted by Crippen LogP contribution is -2.55. The molecule has 0 aromatic heterocycles. The van der Waals surface area contributed by atoms with Crippen molar-refractivity contribution >= 4 is 12.2 Å². The number of nitrogens with zero attached hydrogens (tertiary/aromatic N) is 2. The Labute approximate surface area is 240 Å². The summed E-state index contributed by atoms with van der Waals surface area (Å²) >= 11 is 0. The highest BCUT2D eigenvalue weighted by Gasteiger charge is 2.26. The molecule has 2 amide bonds. The molecule has 0 radical (unpaired) electrons. The Balaban J connectivity index is 1.57. The van der Waals surface area contributed by atoms with Gasteiger partial charge in [0.05, 0.1) is 0 Å². The van der Waals surface area contributed by atoms with E-state index in [4.69, 9.17) is 9.47 Å². The molecule has 1 aliphatic rings. The summed E-state index contributed by atoms with van der Waals surface area (Å²) in [7, 11) is 0. The highest BCUT2D eigenvalue weighted by Crippen LogP contribution is 2.13. The van der Waals surface area contributed by atoms with E-state index in [1.165, 1.54) is 11.1 Å². The molecule has 2 atom stereocenters. The molecule has 2 unspecified atom stereocenters. The first-order valence-electron chi connectivity index (χ1n) is 14.4. The third-order valence-corrected chi connectivity index (χ3v) is 6.51. The molecule has 8 heteroatoms. The maximum Gasteiger partial charge on any atom is 0.407 e. The zero-order chi connectivity index (χ0) is 29.2. The zero-order valence-corrected chi connectivity index (χ0v) is 25.1. The number of hydrogen-bond donors (Lipinski definition) is 2. The Morgan fingerprint density at radius 3 is 1.27 bits per heavy atom. The smallest absolute Gasteiger partial charge is 0.407 e. The van der Waals surface area contributed by atoms with Crippen molar-refractivity contribution in [3.63, 3.8) is 0 Å². The number of alkyl carbamates (subject to hydrolysis) is 2. The highest BCUT2D eigenvalue weighted by molar-refractivity contribution is 5.68. The fourth-order valence-corrected chi connectivity index (χ4v) is 4.85. The number of carbonyl (C=O) groups excluding carboxylic acids is 2. The van der Waals surface area contributed by atoms with Crippen molar-refractivity contribution in [2.75, 3.05) is 39.3 Å². The minimum Gasteiger partial charge on any atom is -0.444 e. The van der Waals surface area contributed by atoms with Crippen molar-refractivity contribution in [2.24, 2.45) is 0 Å². The molecule has 2 aromatic carbocycles. The molecular weight excluding hydrogens is 504 g/mol.